The lowest BCUT2D eigenvalue weighted by molar-refractivity contribution is 0.281. The fourth-order valence-corrected chi connectivity index (χ4v) is 4.26. The SMILES string of the molecule is OCCN(CCO)c1ccc(Sc2ccc(Nc3ccnc4ccccc34)cc2)cc1. The highest BCUT2D eigenvalue weighted by atomic mass is 32.2. The summed E-state index contributed by atoms with van der Waals surface area (Å²) in [6.45, 7) is 1.14. The highest BCUT2D eigenvalue weighted by Crippen LogP contribution is 2.31. The topological polar surface area (TPSA) is 68.6 Å². The predicted molar refractivity (Wildman–Crippen MR) is 128 cm³/mol. The molecule has 0 saturated heterocycles. The average molecular weight is 432 g/mol. The highest BCUT2D eigenvalue weighted by molar-refractivity contribution is 7.99. The first-order chi connectivity index (χ1) is 15.3. The Labute approximate surface area is 186 Å². The summed E-state index contributed by atoms with van der Waals surface area (Å²) in [5.74, 6) is 0. The van der Waals surface area contributed by atoms with Crippen LogP contribution in [0.15, 0.2) is 94.9 Å². The molecule has 0 atom stereocenters. The maximum Gasteiger partial charge on any atom is 0.0722 e. The van der Waals surface area contributed by atoms with Gasteiger partial charge >= 0.3 is 0 Å². The Morgan fingerprint density at radius 1 is 0.774 bits per heavy atom. The standard InChI is InChI=1S/C25H25N3O2S/c29-17-15-28(16-18-30)20-7-11-22(12-8-20)31-21-9-5-19(6-10-21)27-25-13-14-26-24-4-2-1-3-23(24)25/h1-14,29-30H,15-18H2,(H,26,27). The Bertz CT molecular complexity index is 1110. The molecule has 4 aromatic rings. The minimum absolute atomic E-state index is 0.0617. The molecule has 158 valence electrons. The lowest BCUT2D eigenvalue weighted by Gasteiger charge is -2.23. The number of hydrogen-bond donors (Lipinski definition) is 3. The summed E-state index contributed by atoms with van der Waals surface area (Å²) >= 11 is 1.70. The predicted octanol–water partition coefficient (Wildman–Crippen LogP) is 4.92. The molecule has 0 aliphatic carbocycles. The zero-order valence-corrected chi connectivity index (χ0v) is 17.9. The first kappa shape index (κ1) is 21.2. The molecule has 5 nitrogen and oxygen atoms in total. The smallest absolute Gasteiger partial charge is 0.0722 e. The molecule has 0 aliphatic heterocycles. The van der Waals surface area contributed by atoms with Crippen molar-refractivity contribution in [2.24, 2.45) is 0 Å². The third-order valence-electron chi connectivity index (χ3n) is 4.96. The van der Waals surface area contributed by atoms with Crippen LogP contribution in [0.4, 0.5) is 17.1 Å². The Kier molecular flexibility index (Phi) is 7.04. The summed E-state index contributed by atoms with van der Waals surface area (Å²) in [6.07, 6.45) is 1.82. The Morgan fingerprint density at radius 3 is 2.10 bits per heavy atom. The zero-order chi connectivity index (χ0) is 21.5. The summed E-state index contributed by atoms with van der Waals surface area (Å²) < 4.78 is 0. The first-order valence-corrected chi connectivity index (χ1v) is 11.0. The van der Waals surface area contributed by atoms with E-state index in [1.807, 2.05) is 47.5 Å². The van der Waals surface area contributed by atoms with Crippen molar-refractivity contribution < 1.29 is 10.2 Å². The van der Waals surface area contributed by atoms with Crippen LogP contribution in [0, 0.1) is 0 Å². The summed E-state index contributed by atoms with van der Waals surface area (Å²) in [5.41, 5.74) is 4.04. The number of aliphatic hydroxyl groups excluding tert-OH is 2. The van der Waals surface area contributed by atoms with E-state index in [-0.39, 0.29) is 13.2 Å². The van der Waals surface area contributed by atoms with Crippen LogP contribution >= 0.6 is 11.8 Å². The normalized spacial score (nSPS) is 10.9. The van der Waals surface area contributed by atoms with Crippen molar-refractivity contribution in [3.63, 3.8) is 0 Å². The molecule has 1 heterocycles. The molecule has 0 spiro atoms. The molecule has 4 rings (SSSR count). The van der Waals surface area contributed by atoms with Gasteiger partial charge in [-0.15, -0.1) is 0 Å². The molecule has 3 aromatic carbocycles. The van der Waals surface area contributed by atoms with E-state index >= 15 is 0 Å². The fraction of sp³-hybridized carbons (Fsp3) is 0.160. The fourth-order valence-electron chi connectivity index (χ4n) is 3.44. The highest BCUT2D eigenvalue weighted by Gasteiger charge is 2.06. The molecule has 0 aliphatic rings. The molecule has 0 radical (unpaired) electrons. The van der Waals surface area contributed by atoms with Gasteiger partial charge in [0.2, 0.25) is 0 Å². The van der Waals surface area contributed by atoms with E-state index < -0.39 is 0 Å². The van der Waals surface area contributed by atoms with Gasteiger partial charge < -0.3 is 20.4 Å². The molecule has 0 saturated carbocycles. The second-order valence-corrected chi connectivity index (χ2v) is 8.20. The Morgan fingerprint density at radius 2 is 1.42 bits per heavy atom. The number of para-hydroxylation sites is 1. The van der Waals surface area contributed by atoms with Crippen molar-refractivity contribution in [2.45, 2.75) is 9.79 Å². The van der Waals surface area contributed by atoms with Crippen LogP contribution in [0.25, 0.3) is 10.9 Å². The van der Waals surface area contributed by atoms with Crippen molar-refractivity contribution in [1.82, 2.24) is 4.98 Å². The molecule has 0 bridgehead atoms. The van der Waals surface area contributed by atoms with Crippen LogP contribution in [0.2, 0.25) is 0 Å². The van der Waals surface area contributed by atoms with E-state index in [1.54, 1.807) is 11.8 Å². The molecule has 1 aromatic heterocycles. The van der Waals surface area contributed by atoms with Crippen molar-refractivity contribution in [3.05, 3.63) is 85.1 Å². The van der Waals surface area contributed by atoms with Gasteiger partial charge in [-0.25, -0.2) is 0 Å². The number of benzene rings is 3. The number of rotatable bonds is 9. The van der Waals surface area contributed by atoms with Crippen LogP contribution in [0.3, 0.4) is 0 Å². The van der Waals surface area contributed by atoms with Crippen molar-refractivity contribution in [1.29, 1.82) is 0 Å². The number of anilines is 3. The molecule has 6 heteroatoms. The van der Waals surface area contributed by atoms with Gasteiger partial charge in [-0.2, -0.15) is 0 Å². The maximum absolute atomic E-state index is 9.21. The minimum atomic E-state index is 0.0617. The van der Waals surface area contributed by atoms with E-state index in [0.717, 1.165) is 37.8 Å². The first-order valence-electron chi connectivity index (χ1n) is 10.2. The van der Waals surface area contributed by atoms with Crippen LogP contribution in [-0.2, 0) is 0 Å². The van der Waals surface area contributed by atoms with Gasteiger partial charge in [-0.1, -0.05) is 30.0 Å². The quantitative estimate of drug-likeness (QED) is 0.349. The Balaban J connectivity index is 1.42. The Hall–Kier alpha value is -3.06. The van der Waals surface area contributed by atoms with Crippen LogP contribution in [-0.4, -0.2) is 41.5 Å². The van der Waals surface area contributed by atoms with Gasteiger partial charge in [-0.3, -0.25) is 4.98 Å². The molecular formula is C25H25N3O2S. The van der Waals surface area contributed by atoms with Crippen molar-refractivity contribution >= 4 is 39.7 Å². The van der Waals surface area contributed by atoms with Crippen molar-refractivity contribution in [3.8, 4) is 0 Å². The maximum atomic E-state index is 9.21. The molecule has 31 heavy (non-hydrogen) atoms. The molecule has 0 fully saturated rings. The lowest BCUT2D eigenvalue weighted by atomic mass is 10.2. The number of nitrogens with one attached hydrogen (secondary N) is 1. The number of hydrogen-bond acceptors (Lipinski definition) is 6. The monoisotopic (exact) mass is 431 g/mol. The number of pyridine rings is 1. The number of nitrogens with zero attached hydrogens (tertiary/aromatic N) is 2. The van der Waals surface area contributed by atoms with E-state index in [0.29, 0.717) is 13.1 Å². The molecule has 0 amide bonds. The van der Waals surface area contributed by atoms with E-state index in [4.69, 9.17) is 0 Å². The number of aromatic nitrogens is 1. The zero-order valence-electron chi connectivity index (χ0n) is 17.1. The average Bonchev–Trinajstić information content (AvgIpc) is 2.81. The molecular weight excluding hydrogens is 406 g/mol. The molecule has 3 N–H and O–H groups in total. The summed E-state index contributed by atoms with van der Waals surface area (Å²) in [7, 11) is 0. The van der Waals surface area contributed by atoms with Crippen LogP contribution in [0.5, 0.6) is 0 Å². The van der Waals surface area contributed by atoms with Gasteiger partial charge in [0.15, 0.2) is 0 Å². The lowest BCUT2D eigenvalue weighted by Crippen LogP contribution is -2.29. The van der Waals surface area contributed by atoms with Gasteiger partial charge in [-0.05, 0) is 60.7 Å². The summed E-state index contributed by atoms with van der Waals surface area (Å²) in [4.78, 5) is 8.67. The second kappa shape index (κ2) is 10.3. The summed E-state index contributed by atoms with van der Waals surface area (Å²) in [5, 5.41) is 23.0. The van der Waals surface area contributed by atoms with E-state index in [2.05, 4.69) is 52.8 Å². The minimum Gasteiger partial charge on any atom is -0.395 e. The van der Waals surface area contributed by atoms with Gasteiger partial charge in [0.05, 0.1) is 18.7 Å². The number of aliphatic hydroxyl groups is 2. The largest absolute Gasteiger partial charge is 0.395 e. The van der Waals surface area contributed by atoms with Crippen LogP contribution in [0.1, 0.15) is 0 Å². The van der Waals surface area contributed by atoms with Gasteiger partial charge in [0, 0.05) is 51.5 Å². The van der Waals surface area contributed by atoms with E-state index in [9.17, 15) is 10.2 Å². The third-order valence-corrected chi connectivity index (χ3v) is 5.98. The van der Waals surface area contributed by atoms with Gasteiger partial charge in [0.25, 0.3) is 0 Å². The number of fused-ring (bicyclic) bond motifs is 1. The third kappa shape index (κ3) is 5.35. The van der Waals surface area contributed by atoms with Crippen molar-refractivity contribution in [2.75, 3.05) is 36.5 Å². The van der Waals surface area contributed by atoms with Crippen LogP contribution < -0.4 is 10.2 Å². The van der Waals surface area contributed by atoms with Gasteiger partial charge in [0.1, 0.15) is 0 Å². The summed E-state index contributed by atoms with van der Waals surface area (Å²) in [6, 6.07) is 26.6. The molecule has 0 unspecified atom stereocenters. The second-order valence-electron chi connectivity index (χ2n) is 7.06. The van der Waals surface area contributed by atoms with E-state index in [1.165, 1.54) is 0 Å².